The maximum Gasteiger partial charge on any atom is 0.325 e. The summed E-state index contributed by atoms with van der Waals surface area (Å²) in [6.45, 7) is 1.56. The summed E-state index contributed by atoms with van der Waals surface area (Å²) in [4.78, 5) is 41.1. The third kappa shape index (κ3) is 2.42. The first-order valence-electron chi connectivity index (χ1n) is 7.44. The molecule has 1 fully saturated rings. The third-order valence-electron chi connectivity index (χ3n) is 4.17. The number of Topliss-reactive ketones (excluding diaryl/α,β-unsaturated/α-hetero) is 1. The Bertz CT molecular complexity index is 740. The lowest BCUT2D eigenvalue weighted by molar-refractivity contribution is -0.131. The van der Waals surface area contributed by atoms with Crippen LogP contribution in [-0.4, -0.2) is 34.2 Å². The number of rotatable bonds is 5. The largest absolute Gasteiger partial charge is 0.359 e. The fourth-order valence-corrected chi connectivity index (χ4v) is 2.86. The van der Waals surface area contributed by atoms with Crippen molar-refractivity contribution < 1.29 is 14.4 Å². The van der Waals surface area contributed by atoms with Crippen molar-refractivity contribution in [2.75, 3.05) is 6.54 Å². The second kappa shape index (κ2) is 5.72. The van der Waals surface area contributed by atoms with E-state index in [0.717, 1.165) is 10.5 Å². The lowest BCUT2D eigenvalue weighted by atomic mass is 9.87. The number of nitrogens with zero attached hydrogens (tertiary/aromatic N) is 1. The molecule has 23 heavy (non-hydrogen) atoms. The van der Waals surface area contributed by atoms with E-state index < -0.39 is 17.5 Å². The number of imide groups is 1. The van der Waals surface area contributed by atoms with E-state index in [0.29, 0.717) is 12.1 Å². The molecular formula is C17H17N3O3. The van der Waals surface area contributed by atoms with Gasteiger partial charge in [-0.25, -0.2) is 4.79 Å². The Kier molecular flexibility index (Phi) is 3.73. The minimum absolute atomic E-state index is 0.278. The highest BCUT2D eigenvalue weighted by Crippen LogP contribution is 2.32. The van der Waals surface area contributed by atoms with Gasteiger partial charge in [0, 0.05) is 6.20 Å². The van der Waals surface area contributed by atoms with Gasteiger partial charge < -0.3 is 10.3 Å². The molecule has 0 unspecified atom stereocenters. The lowest BCUT2D eigenvalue weighted by Crippen LogP contribution is -2.43. The minimum Gasteiger partial charge on any atom is -0.359 e. The highest BCUT2D eigenvalue weighted by molar-refractivity contribution is 6.11. The van der Waals surface area contributed by atoms with Gasteiger partial charge in [0.1, 0.15) is 5.54 Å². The Morgan fingerprint density at radius 3 is 2.48 bits per heavy atom. The summed E-state index contributed by atoms with van der Waals surface area (Å²) < 4.78 is 0. The highest BCUT2D eigenvalue weighted by Gasteiger charge is 2.51. The topological polar surface area (TPSA) is 82.3 Å². The van der Waals surface area contributed by atoms with Crippen molar-refractivity contribution in [3.8, 4) is 0 Å². The van der Waals surface area contributed by atoms with Gasteiger partial charge in [-0.2, -0.15) is 0 Å². The molecule has 3 rings (SSSR count). The van der Waals surface area contributed by atoms with Gasteiger partial charge in [-0.3, -0.25) is 14.5 Å². The van der Waals surface area contributed by atoms with E-state index >= 15 is 0 Å². The van der Waals surface area contributed by atoms with E-state index in [1.54, 1.807) is 30.5 Å². The smallest absolute Gasteiger partial charge is 0.325 e. The van der Waals surface area contributed by atoms with Gasteiger partial charge in [0.05, 0.1) is 12.2 Å². The predicted octanol–water partition coefficient (Wildman–Crippen LogP) is 2.05. The second-order valence-electron chi connectivity index (χ2n) is 5.45. The number of nitrogens with one attached hydrogen (secondary N) is 2. The fraction of sp³-hybridized carbons (Fsp3) is 0.235. The molecule has 0 bridgehead atoms. The summed E-state index contributed by atoms with van der Waals surface area (Å²) in [6, 6.07) is 11.9. The molecule has 0 aliphatic carbocycles. The number of aromatic nitrogens is 1. The molecule has 2 aromatic rings. The first-order chi connectivity index (χ1) is 11.1. The van der Waals surface area contributed by atoms with Crippen LogP contribution < -0.4 is 5.32 Å². The van der Waals surface area contributed by atoms with Crippen molar-refractivity contribution in [2.24, 2.45) is 0 Å². The zero-order valence-electron chi connectivity index (χ0n) is 12.7. The van der Waals surface area contributed by atoms with Crippen LogP contribution in [0.3, 0.4) is 0 Å². The Labute approximate surface area is 133 Å². The average molecular weight is 311 g/mol. The molecule has 0 radical (unpaired) electrons. The van der Waals surface area contributed by atoms with E-state index in [9.17, 15) is 14.4 Å². The van der Waals surface area contributed by atoms with Crippen LogP contribution in [0.5, 0.6) is 0 Å². The highest BCUT2D eigenvalue weighted by atomic mass is 16.2. The Morgan fingerprint density at radius 1 is 1.13 bits per heavy atom. The normalized spacial score (nSPS) is 20.7. The standard InChI is InChI=1S/C17H17N3O3/c1-2-17(12-7-4-3-5-8-12)15(22)20(16(23)19-17)11-14(21)13-9-6-10-18-13/h3-10,18H,2,11H2,1H3,(H,19,23)/t17-/m1/s1. The number of carbonyl (C=O) groups is 3. The zero-order chi connectivity index (χ0) is 16.4. The second-order valence-corrected chi connectivity index (χ2v) is 5.45. The van der Waals surface area contributed by atoms with Gasteiger partial charge in [-0.05, 0) is 24.1 Å². The Hall–Kier alpha value is -2.89. The van der Waals surface area contributed by atoms with Gasteiger partial charge in [-0.15, -0.1) is 0 Å². The van der Waals surface area contributed by atoms with Gasteiger partial charge in [0.2, 0.25) is 0 Å². The Balaban J connectivity index is 1.89. The molecule has 1 atom stereocenters. The number of carbonyl (C=O) groups excluding carboxylic acids is 3. The van der Waals surface area contributed by atoms with Crippen LogP contribution in [0, 0.1) is 0 Å². The molecule has 118 valence electrons. The van der Waals surface area contributed by atoms with E-state index in [1.165, 1.54) is 0 Å². The molecule has 1 saturated heterocycles. The zero-order valence-corrected chi connectivity index (χ0v) is 12.7. The molecule has 6 nitrogen and oxygen atoms in total. The molecule has 2 N–H and O–H groups in total. The van der Waals surface area contributed by atoms with Crippen LogP contribution in [0.1, 0.15) is 29.4 Å². The maximum absolute atomic E-state index is 12.9. The van der Waals surface area contributed by atoms with Crippen LogP contribution in [0.2, 0.25) is 0 Å². The number of hydrogen-bond acceptors (Lipinski definition) is 3. The molecule has 0 spiro atoms. The van der Waals surface area contributed by atoms with Crippen molar-refractivity contribution in [3.63, 3.8) is 0 Å². The lowest BCUT2D eigenvalue weighted by Gasteiger charge is -2.25. The Morgan fingerprint density at radius 2 is 1.87 bits per heavy atom. The van der Waals surface area contributed by atoms with Crippen LogP contribution in [0.4, 0.5) is 4.79 Å². The summed E-state index contributed by atoms with van der Waals surface area (Å²) in [7, 11) is 0. The van der Waals surface area contributed by atoms with E-state index in [-0.39, 0.29) is 12.3 Å². The number of H-pyrrole nitrogens is 1. The molecular weight excluding hydrogens is 294 g/mol. The van der Waals surface area contributed by atoms with E-state index in [4.69, 9.17) is 0 Å². The van der Waals surface area contributed by atoms with E-state index in [2.05, 4.69) is 10.3 Å². The SMILES string of the molecule is CC[C@]1(c2ccccc2)NC(=O)N(CC(=O)c2ccc[nH]2)C1=O. The predicted molar refractivity (Wildman–Crippen MR) is 83.8 cm³/mol. The van der Waals surface area contributed by atoms with Crippen molar-refractivity contribution in [2.45, 2.75) is 18.9 Å². The summed E-state index contributed by atoms with van der Waals surface area (Å²) in [5.74, 6) is -0.699. The number of urea groups is 1. The number of amides is 3. The summed E-state index contributed by atoms with van der Waals surface area (Å²) in [5.41, 5.74) is -0.0102. The summed E-state index contributed by atoms with van der Waals surface area (Å²) in [6.07, 6.45) is 2.04. The van der Waals surface area contributed by atoms with Crippen molar-refractivity contribution in [1.29, 1.82) is 0 Å². The van der Waals surface area contributed by atoms with E-state index in [1.807, 2.05) is 25.1 Å². The quantitative estimate of drug-likeness (QED) is 0.655. The van der Waals surface area contributed by atoms with Crippen LogP contribution >= 0.6 is 0 Å². The molecule has 2 heterocycles. The fourth-order valence-electron chi connectivity index (χ4n) is 2.86. The number of hydrogen-bond donors (Lipinski definition) is 2. The average Bonchev–Trinajstić information content (AvgIpc) is 3.19. The summed E-state index contributed by atoms with van der Waals surface area (Å²) >= 11 is 0. The van der Waals surface area contributed by atoms with Gasteiger partial charge in [0.25, 0.3) is 5.91 Å². The molecule has 1 aliphatic heterocycles. The number of benzene rings is 1. The van der Waals surface area contributed by atoms with Crippen LogP contribution in [-0.2, 0) is 10.3 Å². The van der Waals surface area contributed by atoms with Crippen molar-refractivity contribution in [3.05, 3.63) is 59.9 Å². The third-order valence-corrected chi connectivity index (χ3v) is 4.17. The molecule has 3 amide bonds. The number of aromatic amines is 1. The van der Waals surface area contributed by atoms with Gasteiger partial charge in [0.15, 0.2) is 5.78 Å². The van der Waals surface area contributed by atoms with Crippen molar-refractivity contribution >= 4 is 17.7 Å². The molecule has 1 aromatic carbocycles. The van der Waals surface area contributed by atoms with Crippen LogP contribution in [0.15, 0.2) is 48.7 Å². The summed E-state index contributed by atoms with van der Waals surface area (Å²) in [5, 5.41) is 2.76. The molecule has 6 heteroatoms. The number of ketones is 1. The van der Waals surface area contributed by atoms with Gasteiger partial charge in [-0.1, -0.05) is 37.3 Å². The van der Waals surface area contributed by atoms with Gasteiger partial charge >= 0.3 is 6.03 Å². The minimum atomic E-state index is -1.10. The first kappa shape index (κ1) is 15.0. The van der Waals surface area contributed by atoms with Crippen molar-refractivity contribution in [1.82, 2.24) is 15.2 Å². The maximum atomic E-state index is 12.9. The first-order valence-corrected chi connectivity index (χ1v) is 7.44. The van der Waals surface area contributed by atoms with Crippen LogP contribution in [0.25, 0.3) is 0 Å². The molecule has 1 aliphatic rings. The molecule has 1 aromatic heterocycles. The molecule has 0 saturated carbocycles. The monoisotopic (exact) mass is 311 g/mol.